The normalized spacial score (nSPS) is 24.8. The quantitative estimate of drug-likeness (QED) is 0.799. The Morgan fingerprint density at radius 1 is 1.17 bits per heavy atom. The number of carbonyl (C=O) groups is 3. The molecule has 0 spiro atoms. The average Bonchev–Trinajstić information content (AvgIpc) is 3.41. The number of likely N-dealkylation sites (tertiary alicyclic amines) is 1. The smallest absolute Gasteiger partial charge is 0.274 e. The highest BCUT2D eigenvalue weighted by molar-refractivity contribution is 6.02. The van der Waals surface area contributed by atoms with E-state index in [1.54, 1.807) is 15.6 Å². The van der Waals surface area contributed by atoms with Crippen molar-refractivity contribution in [1.29, 1.82) is 0 Å². The van der Waals surface area contributed by atoms with Crippen LogP contribution in [0.4, 0.5) is 0 Å². The number of nitrogens with one attached hydrogen (secondary N) is 1. The Morgan fingerprint density at radius 2 is 1.87 bits per heavy atom. The van der Waals surface area contributed by atoms with Gasteiger partial charge in [0.15, 0.2) is 5.69 Å². The lowest BCUT2D eigenvalue weighted by Gasteiger charge is -2.43. The minimum atomic E-state index is -1.01. The predicted octanol–water partition coefficient (Wildman–Crippen LogP) is 2.19. The minimum Gasteiger partial charge on any atom is -0.351 e. The van der Waals surface area contributed by atoms with Crippen molar-refractivity contribution in [3.63, 3.8) is 0 Å². The van der Waals surface area contributed by atoms with Gasteiger partial charge in [0.1, 0.15) is 11.2 Å². The van der Waals surface area contributed by atoms with Gasteiger partial charge in [-0.3, -0.25) is 19.1 Å². The van der Waals surface area contributed by atoms with Crippen molar-refractivity contribution in [3.05, 3.63) is 17.5 Å². The number of rotatable bonds is 5. The largest absolute Gasteiger partial charge is 0.351 e. The van der Waals surface area contributed by atoms with Gasteiger partial charge in [0, 0.05) is 31.7 Å². The van der Waals surface area contributed by atoms with Gasteiger partial charge in [0.2, 0.25) is 5.91 Å². The molecule has 1 aromatic heterocycles. The van der Waals surface area contributed by atoms with Crippen LogP contribution in [0.25, 0.3) is 0 Å². The minimum absolute atomic E-state index is 0.122. The number of piperidine rings is 1. The van der Waals surface area contributed by atoms with Crippen molar-refractivity contribution >= 4 is 17.7 Å². The van der Waals surface area contributed by atoms with Crippen LogP contribution in [0.1, 0.15) is 86.2 Å². The predicted molar refractivity (Wildman–Crippen MR) is 112 cm³/mol. The molecule has 0 aromatic carbocycles. The Labute approximate surface area is 178 Å². The topological polar surface area (TPSA) is 87.5 Å². The molecular formula is C22H33N5O3. The van der Waals surface area contributed by atoms with Gasteiger partial charge in [0.25, 0.3) is 11.8 Å². The van der Waals surface area contributed by atoms with E-state index in [2.05, 4.69) is 10.4 Å². The highest BCUT2D eigenvalue weighted by atomic mass is 16.2. The number of amides is 3. The van der Waals surface area contributed by atoms with E-state index in [9.17, 15) is 14.4 Å². The number of fused-ring (bicyclic) bond motifs is 1. The van der Waals surface area contributed by atoms with Gasteiger partial charge < -0.3 is 15.1 Å². The zero-order valence-electron chi connectivity index (χ0n) is 18.2. The van der Waals surface area contributed by atoms with Crippen molar-refractivity contribution < 1.29 is 14.4 Å². The third-order valence-corrected chi connectivity index (χ3v) is 6.79. The van der Waals surface area contributed by atoms with E-state index >= 15 is 0 Å². The highest BCUT2D eigenvalue weighted by Crippen LogP contribution is 2.29. The van der Waals surface area contributed by atoms with E-state index < -0.39 is 5.54 Å². The summed E-state index contributed by atoms with van der Waals surface area (Å²) in [6.07, 6.45) is 8.14. The molecule has 2 fully saturated rings. The van der Waals surface area contributed by atoms with E-state index in [4.69, 9.17) is 0 Å². The average molecular weight is 416 g/mol. The number of nitrogens with zero attached hydrogens (tertiary/aromatic N) is 4. The second-order valence-corrected chi connectivity index (χ2v) is 9.11. The summed E-state index contributed by atoms with van der Waals surface area (Å²) in [6.45, 7) is 6.05. The molecule has 0 bridgehead atoms. The highest BCUT2D eigenvalue weighted by Gasteiger charge is 2.48. The number of aromatic nitrogens is 2. The summed E-state index contributed by atoms with van der Waals surface area (Å²) in [5.41, 5.74) is -0.313. The van der Waals surface area contributed by atoms with E-state index in [0.29, 0.717) is 17.9 Å². The van der Waals surface area contributed by atoms with Gasteiger partial charge in [-0.05, 0) is 45.4 Å². The molecule has 4 rings (SSSR count). The molecule has 164 valence electrons. The van der Waals surface area contributed by atoms with Crippen LogP contribution in [-0.4, -0.2) is 68.5 Å². The summed E-state index contributed by atoms with van der Waals surface area (Å²) in [6, 6.07) is 1.79. The van der Waals surface area contributed by atoms with Crippen molar-refractivity contribution in [2.45, 2.75) is 83.3 Å². The van der Waals surface area contributed by atoms with Gasteiger partial charge in [0.05, 0.1) is 6.54 Å². The maximum atomic E-state index is 13.3. The summed E-state index contributed by atoms with van der Waals surface area (Å²) < 4.78 is 1.57. The summed E-state index contributed by atoms with van der Waals surface area (Å²) in [5.74, 6) is -0.470. The Kier molecular flexibility index (Phi) is 5.84. The van der Waals surface area contributed by atoms with E-state index in [1.165, 1.54) is 0 Å². The second kappa shape index (κ2) is 8.40. The fourth-order valence-electron chi connectivity index (χ4n) is 4.99. The Balaban J connectivity index is 1.60. The van der Waals surface area contributed by atoms with E-state index in [1.807, 2.05) is 18.7 Å². The van der Waals surface area contributed by atoms with Crippen LogP contribution >= 0.6 is 0 Å². The Hall–Kier alpha value is -2.38. The molecule has 30 heavy (non-hydrogen) atoms. The maximum Gasteiger partial charge on any atom is 0.274 e. The molecule has 2 aliphatic heterocycles. The van der Waals surface area contributed by atoms with Crippen molar-refractivity contribution in [2.75, 3.05) is 19.6 Å². The van der Waals surface area contributed by atoms with Gasteiger partial charge >= 0.3 is 0 Å². The third-order valence-electron chi connectivity index (χ3n) is 6.79. The molecule has 0 radical (unpaired) electrons. The molecule has 8 nitrogen and oxygen atoms in total. The van der Waals surface area contributed by atoms with Gasteiger partial charge in [-0.1, -0.05) is 19.8 Å². The molecule has 1 saturated carbocycles. The van der Waals surface area contributed by atoms with Crippen LogP contribution in [0.2, 0.25) is 0 Å². The van der Waals surface area contributed by atoms with Crippen molar-refractivity contribution in [2.24, 2.45) is 0 Å². The van der Waals surface area contributed by atoms with Crippen molar-refractivity contribution in [1.82, 2.24) is 24.9 Å². The second-order valence-electron chi connectivity index (χ2n) is 9.11. The molecule has 1 aliphatic carbocycles. The molecular weight excluding hydrogens is 382 g/mol. The van der Waals surface area contributed by atoms with E-state index in [-0.39, 0.29) is 30.3 Å². The number of hydrogen-bond acceptors (Lipinski definition) is 4. The molecule has 1 saturated heterocycles. The van der Waals surface area contributed by atoms with Crippen LogP contribution in [0, 0.1) is 0 Å². The molecule has 8 heteroatoms. The lowest BCUT2D eigenvalue weighted by Crippen LogP contribution is -2.65. The molecule has 3 aliphatic rings. The van der Waals surface area contributed by atoms with Gasteiger partial charge in [-0.15, -0.1) is 0 Å². The first-order chi connectivity index (χ1) is 14.4. The maximum absolute atomic E-state index is 13.3. The van der Waals surface area contributed by atoms with Crippen LogP contribution in [-0.2, 0) is 11.3 Å². The summed E-state index contributed by atoms with van der Waals surface area (Å²) >= 11 is 0. The van der Waals surface area contributed by atoms with Crippen LogP contribution in [0.15, 0.2) is 6.07 Å². The third kappa shape index (κ3) is 3.72. The molecule has 3 heterocycles. The lowest BCUT2D eigenvalue weighted by atomic mass is 9.94. The van der Waals surface area contributed by atoms with Gasteiger partial charge in [-0.25, -0.2) is 0 Å². The van der Waals surface area contributed by atoms with Crippen molar-refractivity contribution in [3.8, 4) is 0 Å². The molecule has 1 aromatic rings. The molecule has 1 unspecified atom stereocenters. The lowest BCUT2D eigenvalue weighted by molar-refractivity contribution is -0.133. The van der Waals surface area contributed by atoms with Crippen LogP contribution in [0.5, 0.6) is 0 Å². The summed E-state index contributed by atoms with van der Waals surface area (Å²) in [4.78, 5) is 43.0. The number of hydrogen-bond donors (Lipinski definition) is 1. The fraction of sp³-hybridized carbons (Fsp3) is 0.727. The Bertz CT molecular complexity index is 823. The first-order valence-corrected chi connectivity index (χ1v) is 11.4. The molecule has 1 atom stereocenters. The monoisotopic (exact) mass is 415 g/mol. The zero-order valence-corrected chi connectivity index (χ0v) is 18.2. The molecule has 3 amide bonds. The van der Waals surface area contributed by atoms with Gasteiger partial charge in [-0.2, -0.15) is 5.10 Å². The first kappa shape index (κ1) is 20.9. The standard InChI is InChI=1S/C22H33N5O3/c1-3-11-26-20(29)18-14-17(19(28)25-12-7-4-8-13-25)24-27(18)15-22(26,2)21(30)23-16-9-5-6-10-16/h14,16H,3-13,15H2,1-2H3,(H,23,30). The number of carbonyl (C=O) groups excluding carboxylic acids is 3. The molecule has 1 N–H and O–H groups in total. The van der Waals surface area contributed by atoms with E-state index in [0.717, 1.165) is 64.5 Å². The first-order valence-electron chi connectivity index (χ1n) is 11.4. The summed E-state index contributed by atoms with van der Waals surface area (Å²) in [5, 5.41) is 7.64. The van der Waals surface area contributed by atoms with Crippen LogP contribution < -0.4 is 5.32 Å². The summed E-state index contributed by atoms with van der Waals surface area (Å²) in [7, 11) is 0. The van der Waals surface area contributed by atoms with Crippen LogP contribution in [0.3, 0.4) is 0 Å². The fourth-order valence-corrected chi connectivity index (χ4v) is 4.99. The Morgan fingerprint density at radius 3 is 2.53 bits per heavy atom. The zero-order chi connectivity index (χ0) is 21.3. The SMILES string of the molecule is CCCN1C(=O)c2cc(C(=O)N3CCCCC3)nn2CC1(C)C(=O)NC1CCCC1.